The van der Waals surface area contributed by atoms with Crippen LogP contribution in [0.5, 0.6) is 0 Å². The number of hydrogen-bond donors (Lipinski definition) is 0. The molecule has 1 aromatic carbocycles. The van der Waals surface area contributed by atoms with Crippen LogP contribution in [0.4, 0.5) is 0 Å². The lowest BCUT2D eigenvalue weighted by Gasteiger charge is -2.23. The van der Waals surface area contributed by atoms with E-state index in [1.165, 1.54) is 16.4 Å². The van der Waals surface area contributed by atoms with Crippen LogP contribution in [0.25, 0.3) is 0 Å². The summed E-state index contributed by atoms with van der Waals surface area (Å²) in [7, 11) is 0.184. The van der Waals surface area contributed by atoms with E-state index in [4.69, 9.17) is 16.9 Å². The Kier molecular flexibility index (Phi) is 8.25. The molecule has 2 rings (SSSR count). The van der Waals surface area contributed by atoms with E-state index in [-0.39, 0.29) is 27.8 Å². The van der Waals surface area contributed by atoms with Crippen LogP contribution < -0.4 is 0 Å². The van der Waals surface area contributed by atoms with Gasteiger partial charge in [0.25, 0.3) is 5.91 Å². The molecule has 0 aromatic heterocycles. The Balaban J connectivity index is 2.26. The Labute approximate surface area is 172 Å². The Hall–Kier alpha value is -1.66. The van der Waals surface area contributed by atoms with Crippen LogP contribution in [0.3, 0.4) is 0 Å². The van der Waals surface area contributed by atoms with Gasteiger partial charge in [0.05, 0.1) is 17.5 Å². The molecule has 1 aliphatic rings. The Morgan fingerprint density at radius 2 is 1.89 bits per heavy atom. The third-order valence-corrected chi connectivity index (χ3v) is 7.06. The number of carbonyl (C=O) groups is 1. The van der Waals surface area contributed by atoms with E-state index >= 15 is 0 Å². The van der Waals surface area contributed by atoms with E-state index in [0.29, 0.717) is 26.2 Å². The van der Waals surface area contributed by atoms with E-state index in [2.05, 4.69) is 6.07 Å². The van der Waals surface area contributed by atoms with Crippen molar-refractivity contribution in [2.45, 2.75) is 30.6 Å². The maximum absolute atomic E-state index is 13.0. The smallest absolute Gasteiger partial charge is 0.253 e. The zero-order valence-electron chi connectivity index (χ0n) is 16.4. The third-order valence-electron chi connectivity index (χ3n) is 4.68. The van der Waals surface area contributed by atoms with E-state index < -0.39 is 10.0 Å². The predicted octanol–water partition coefficient (Wildman–Crippen LogP) is 2.43. The summed E-state index contributed by atoms with van der Waals surface area (Å²) in [6.45, 7) is 2.55. The van der Waals surface area contributed by atoms with Crippen LogP contribution in [0.1, 0.15) is 36.0 Å². The molecular formula is C19H27ClN4O3S. The summed E-state index contributed by atoms with van der Waals surface area (Å²) in [4.78, 5) is 16.6. The summed E-state index contributed by atoms with van der Waals surface area (Å²) in [5.41, 5.74) is 0.268. The van der Waals surface area contributed by atoms with Gasteiger partial charge in [0, 0.05) is 31.7 Å². The van der Waals surface area contributed by atoms with E-state index in [1.807, 2.05) is 19.0 Å². The first-order valence-corrected chi connectivity index (χ1v) is 11.2. The summed E-state index contributed by atoms with van der Waals surface area (Å²) < 4.78 is 27.2. The molecule has 0 N–H and O–H groups in total. The average molecular weight is 427 g/mol. The van der Waals surface area contributed by atoms with Gasteiger partial charge in [-0.15, -0.1) is 0 Å². The number of carbonyl (C=O) groups excluding carboxylic acids is 1. The maximum atomic E-state index is 13.0. The lowest BCUT2D eigenvalue weighted by Crippen LogP contribution is -2.34. The zero-order chi connectivity index (χ0) is 20.7. The van der Waals surface area contributed by atoms with E-state index in [9.17, 15) is 13.2 Å². The van der Waals surface area contributed by atoms with Gasteiger partial charge in [-0.25, -0.2) is 8.42 Å². The first-order valence-electron chi connectivity index (χ1n) is 9.38. The van der Waals surface area contributed by atoms with Crippen LogP contribution in [0, 0.1) is 11.3 Å². The van der Waals surface area contributed by atoms with Crippen molar-refractivity contribution in [1.82, 2.24) is 14.1 Å². The van der Waals surface area contributed by atoms with Crippen LogP contribution >= 0.6 is 11.6 Å². The van der Waals surface area contributed by atoms with Crippen molar-refractivity contribution in [3.05, 3.63) is 28.8 Å². The largest absolute Gasteiger partial charge is 0.338 e. The number of nitrogens with zero attached hydrogens (tertiary/aromatic N) is 4. The van der Waals surface area contributed by atoms with Crippen molar-refractivity contribution >= 4 is 27.5 Å². The number of nitriles is 1. The summed E-state index contributed by atoms with van der Waals surface area (Å²) in [5.74, 6) is -0.288. The average Bonchev–Trinajstić information content (AvgIpc) is 3.19. The van der Waals surface area contributed by atoms with Gasteiger partial charge in [0.15, 0.2) is 0 Å². The van der Waals surface area contributed by atoms with Gasteiger partial charge in [-0.3, -0.25) is 4.79 Å². The minimum Gasteiger partial charge on any atom is -0.338 e. The zero-order valence-corrected chi connectivity index (χ0v) is 18.0. The second-order valence-corrected chi connectivity index (χ2v) is 9.43. The standard InChI is InChI=1S/C19H27ClN4O3S/c1-22(2)10-6-12-23(11-5-9-21)19(25)16-7-8-17(20)18(15-16)28(26,27)24-13-3-4-14-24/h7-8,15H,3-6,10-14H2,1-2H3. The van der Waals surface area contributed by atoms with E-state index in [0.717, 1.165) is 25.8 Å². The second kappa shape index (κ2) is 10.2. The molecule has 0 atom stereocenters. The fourth-order valence-corrected chi connectivity index (χ4v) is 5.18. The van der Waals surface area contributed by atoms with Gasteiger partial charge in [0.2, 0.25) is 10.0 Å². The highest BCUT2D eigenvalue weighted by Gasteiger charge is 2.30. The normalized spacial score (nSPS) is 15.0. The molecule has 0 unspecified atom stereocenters. The van der Waals surface area contributed by atoms with Gasteiger partial charge < -0.3 is 9.80 Å². The summed E-state index contributed by atoms with van der Waals surface area (Å²) in [6.07, 6.45) is 2.63. The number of benzene rings is 1. The molecule has 0 radical (unpaired) electrons. The number of amides is 1. The first kappa shape index (κ1) is 22.6. The molecule has 0 aliphatic carbocycles. The number of sulfonamides is 1. The van der Waals surface area contributed by atoms with E-state index in [1.54, 1.807) is 11.0 Å². The highest BCUT2D eigenvalue weighted by atomic mass is 35.5. The molecule has 0 saturated carbocycles. The van der Waals surface area contributed by atoms with Gasteiger partial charge in [-0.05, 0) is 58.1 Å². The maximum Gasteiger partial charge on any atom is 0.253 e. The van der Waals surface area contributed by atoms with Gasteiger partial charge in [-0.1, -0.05) is 11.6 Å². The minimum atomic E-state index is -3.72. The number of halogens is 1. The topological polar surface area (TPSA) is 84.7 Å². The molecule has 1 heterocycles. The third kappa shape index (κ3) is 5.67. The summed E-state index contributed by atoms with van der Waals surface area (Å²) >= 11 is 6.17. The van der Waals surface area contributed by atoms with Crippen LogP contribution in [-0.2, 0) is 10.0 Å². The highest BCUT2D eigenvalue weighted by molar-refractivity contribution is 7.89. The minimum absolute atomic E-state index is 0.0320. The molecule has 0 bridgehead atoms. The summed E-state index contributed by atoms with van der Waals surface area (Å²) in [5, 5.41) is 9.00. The number of hydrogen-bond acceptors (Lipinski definition) is 5. The molecule has 28 heavy (non-hydrogen) atoms. The van der Waals surface area contributed by atoms with Crippen LogP contribution in [-0.4, -0.2) is 75.2 Å². The molecule has 1 aromatic rings. The molecule has 7 nitrogen and oxygen atoms in total. The quantitative estimate of drug-likeness (QED) is 0.605. The summed E-state index contributed by atoms with van der Waals surface area (Å²) in [6, 6.07) is 6.42. The van der Waals surface area contributed by atoms with Crippen molar-refractivity contribution in [2.24, 2.45) is 0 Å². The van der Waals surface area contributed by atoms with Crippen molar-refractivity contribution in [1.29, 1.82) is 5.26 Å². The Morgan fingerprint density at radius 3 is 2.50 bits per heavy atom. The molecular weight excluding hydrogens is 400 g/mol. The lowest BCUT2D eigenvalue weighted by atomic mass is 10.2. The highest BCUT2D eigenvalue weighted by Crippen LogP contribution is 2.28. The van der Waals surface area contributed by atoms with Crippen molar-refractivity contribution in [2.75, 3.05) is 46.8 Å². The SMILES string of the molecule is CN(C)CCCN(CCC#N)C(=O)c1ccc(Cl)c(S(=O)(=O)N2CCCC2)c1. The molecule has 0 spiro atoms. The van der Waals surface area contributed by atoms with Gasteiger partial charge in [0.1, 0.15) is 4.90 Å². The van der Waals surface area contributed by atoms with Gasteiger partial charge in [-0.2, -0.15) is 9.57 Å². The molecule has 9 heteroatoms. The van der Waals surface area contributed by atoms with Crippen LogP contribution in [0.15, 0.2) is 23.1 Å². The predicted molar refractivity (Wildman–Crippen MR) is 109 cm³/mol. The number of rotatable bonds is 9. The molecule has 154 valence electrons. The second-order valence-electron chi connectivity index (χ2n) is 7.11. The molecule has 1 fully saturated rings. The molecule has 1 amide bonds. The van der Waals surface area contributed by atoms with Crippen molar-refractivity contribution in [3.63, 3.8) is 0 Å². The Bertz CT molecular complexity index is 830. The Morgan fingerprint density at radius 1 is 1.21 bits per heavy atom. The molecule has 1 saturated heterocycles. The molecule has 1 aliphatic heterocycles. The fraction of sp³-hybridized carbons (Fsp3) is 0.579. The van der Waals surface area contributed by atoms with Crippen molar-refractivity contribution in [3.8, 4) is 6.07 Å². The van der Waals surface area contributed by atoms with Crippen LogP contribution in [0.2, 0.25) is 5.02 Å². The van der Waals surface area contributed by atoms with Crippen molar-refractivity contribution < 1.29 is 13.2 Å². The van der Waals surface area contributed by atoms with Gasteiger partial charge >= 0.3 is 0 Å². The first-order chi connectivity index (χ1) is 13.3. The monoisotopic (exact) mass is 426 g/mol. The lowest BCUT2D eigenvalue weighted by molar-refractivity contribution is 0.0753. The fourth-order valence-electron chi connectivity index (χ4n) is 3.16.